The van der Waals surface area contributed by atoms with Crippen LogP contribution >= 0.6 is 11.6 Å². The summed E-state index contributed by atoms with van der Waals surface area (Å²) in [5.74, 6) is 0.526. The second-order valence-corrected chi connectivity index (χ2v) is 6.00. The Morgan fingerprint density at radius 1 is 1.08 bits per heavy atom. The Labute approximate surface area is 144 Å². The predicted molar refractivity (Wildman–Crippen MR) is 93.6 cm³/mol. The monoisotopic (exact) mass is 341 g/mol. The van der Waals surface area contributed by atoms with E-state index in [1.165, 1.54) is 0 Å². The van der Waals surface area contributed by atoms with Crippen LogP contribution in [0.3, 0.4) is 0 Å². The zero-order valence-electron chi connectivity index (χ0n) is 13.3. The third kappa shape index (κ3) is 3.31. The molecular formula is C18H16ClN3O2. The van der Waals surface area contributed by atoms with Crippen molar-refractivity contribution in [2.24, 2.45) is 5.92 Å². The normalized spacial score (nSPS) is 10.8. The highest BCUT2D eigenvalue weighted by molar-refractivity contribution is 6.33. The van der Waals surface area contributed by atoms with Gasteiger partial charge in [-0.2, -0.15) is 4.98 Å². The second kappa shape index (κ2) is 6.84. The molecule has 3 rings (SSSR count). The van der Waals surface area contributed by atoms with E-state index in [0.717, 1.165) is 0 Å². The first-order valence-electron chi connectivity index (χ1n) is 7.55. The van der Waals surface area contributed by atoms with Crippen molar-refractivity contribution in [3.63, 3.8) is 0 Å². The lowest BCUT2D eigenvalue weighted by Gasteiger charge is -2.10. The fraction of sp³-hybridized carbons (Fsp3) is 0.167. The van der Waals surface area contributed by atoms with Gasteiger partial charge in [0.1, 0.15) is 0 Å². The number of hydrogen-bond acceptors (Lipinski definition) is 4. The van der Waals surface area contributed by atoms with Gasteiger partial charge in [0, 0.05) is 11.5 Å². The van der Waals surface area contributed by atoms with E-state index in [-0.39, 0.29) is 11.8 Å². The Morgan fingerprint density at radius 2 is 1.75 bits per heavy atom. The molecule has 0 aliphatic rings. The summed E-state index contributed by atoms with van der Waals surface area (Å²) in [6.45, 7) is 3.67. The smallest absolute Gasteiger partial charge is 0.260 e. The van der Waals surface area contributed by atoms with Crippen LogP contribution in [0.4, 0.5) is 5.69 Å². The largest absolute Gasteiger partial charge is 0.334 e. The third-order valence-electron chi connectivity index (χ3n) is 3.48. The number of anilines is 1. The molecule has 1 amide bonds. The fourth-order valence-electron chi connectivity index (χ4n) is 2.14. The van der Waals surface area contributed by atoms with Gasteiger partial charge in [0.05, 0.1) is 16.3 Å². The van der Waals surface area contributed by atoms with Crippen LogP contribution in [0.2, 0.25) is 5.02 Å². The number of nitrogens with zero attached hydrogens (tertiary/aromatic N) is 2. The molecule has 0 fully saturated rings. The molecule has 0 aliphatic heterocycles. The summed E-state index contributed by atoms with van der Waals surface area (Å²) in [6.07, 6.45) is 0. The van der Waals surface area contributed by atoms with E-state index in [2.05, 4.69) is 15.5 Å². The zero-order valence-corrected chi connectivity index (χ0v) is 14.0. The molecule has 0 saturated heterocycles. The molecule has 0 atom stereocenters. The number of rotatable bonds is 4. The summed E-state index contributed by atoms with van der Waals surface area (Å²) in [4.78, 5) is 16.4. The van der Waals surface area contributed by atoms with Crippen molar-refractivity contribution in [1.29, 1.82) is 0 Å². The quantitative estimate of drug-likeness (QED) is 0.749. The summed E-state index contributed by atoms with van der Waals surface area (Å²) in [5.41, 5.74) is 1.99. The number of hydrogen-bond donors (Lipinski definition) is 1. The number of benzene rings is 2. The van der Waals surface area contributed by atoms with Crippen LogP contribution in [0.15, 0.2) is 53.1 Å². The van der Waals surface area contributed by atoms with E-state index >= 15 is 0 Å². The number of halogens is 1. The highest BCUT2D eigenvalue weighted by Gasteiger charge is 2.17. The fourth-order valence-corrected chi connectivity index (χ4v) is 2.36. The van der Waals surface area contributed by atoms with E-state index in [1.807, 2.05) is 50.2 Å². The van der Waals surface area contributed by atoms with Gasteiger partial charge < -0.3 is 9.84 Å². The zero-order chi connectivity index (χ0) is 17.1. The summed E-state index contributed by atoms with van der Waals surface area (Å²) in [5, 5.41) is 7.42. The van der Waals surface area contributed by atoms with Crippen molar-refractivity contribution in [3.8, 4) is 22.8 Å². The maximum Gasteiger partial charge on any atom is 0.260 e. The van der Waals surface area contributed by atoms with Crippen molar-refractivity contribution >= 4 is 23.2 Å². The molecule has 0 radical (unpaired) electrons. The van der Waals surface area contributed by atoms with Crippen LogP contribution < -0.4 is 5.32 Å². The van der Waals surface area contributed by atoms with Crippen molar-refractivity contribution in [1.82, 2.24) is 10.1 Å². The predicted octanol–water partition coefficient (Wildman–Crippen LogP) is 4.65. The number of carbonyl (C=O) groups excluding carboxylic acids is 1. The molecule has 0 aliphatic carbocycles. The Morgan fingerprint density at radius 3 is 2.46 bits per heavy atom. The number of para-hydroxylation sites is 1. The molecule has 5 nitrogen and oxygen atoms in total. The maximum atomic E-state index is 12.0. The van der Waals surface area contributed by atoms with Gasteiger partial charge in [-0.15, -0.1) is 0 Å². The molecule has 0 bridgehead atoms. The molecule has 1 N–H and O–H groups in total. The average molecular weight is 342 g/mol. The third-order valence-corrected chi connectivity index (χ3v) is 3.81. The van der Waals surface area contributed by atoms with Gasteiger partial charge in [-0.1, -0.05) is 54.9 Å². The lowest BCUT2D eigenvalue weighted by molar-refractivity contribution is -0.118. The Hall–Kier alpha value is -2.66. The van der Waals surface area contributed by atoms with E-state index in [9.17, 15) is 4.79 Å². The summed E-state index contributed by atoms with van der Waals surface area (Å²) in [7, 11) is 0. The lowest BCUT2D eigenvalue weighted by Crippen LogP contribution is -2.18. The maximum absolute atomic E-state index is 12.0. The lowest BCUT2D eigenvalue weighted by atomic mass is 10.1. The van der Waals surface area contributed by atoms with Gasteiger partial charge in [-0.05, 0) is 24.3 Å². The molecule has 1 aromatic heterocycles. The topological polar surface area (TPSA) is 68.0 Å². The molecule has 0 unspecified atom stereocenters. The van der Waals surface area contributed by atoms with E-state index in [1.54, 1.807) is 12.1 Å². The van der Waals surface area contributed by atoms with Crippen molar-refractivity contribution in [2.75, 3.05) is 5.32 Å². The summed E-state index contributed by atoms with van der Waals surface area (Å²) >= 11 is 6.17. The van der Waals surface area contributed by atoms with Gasteiger partial charge in [0.15, 0.2) is 0 Å². The van der Waals surface area contributed by atoms with Gasteiger partial charge in [-0.25, -0.2) is 0 Å². The first-order valence-corrected chi connectivity index (χ1v) is 7.93. The first kappa shape index (κ1) is 16.2. The minimum Gasteiger partial charge on any atom is -0.334 e. The highest BCUT2D eigenvalue weighted by Crippen LogP contribution is 2.30. The van der Waals surface area contributed by atoms with Gasteiger partial charge >= 0.3 is 0 Å². The number of nitrogens with one attached hydrogen (secondary N) is 1. The van der Waals surface area contributed by atoms with E-state index in [4.69, 9.17) is 16.1 Å². The number of carbonyl (C=O) groups is 1. The van der Waals surface area contributed by atoms with Crippen LogP contribution in [-0.2, 0) is 4.79 Å². The highest BCUT2D eigenvalue weighted by atomic mass is 35.5. The molecule has 0 saturated carbocycles. The van der Waals surface area contributed by atoms with Crippen LogP contribution in [0, 0.1) is 5.92 Å². The minimum atomic E-state index is -0.126. The second-order valence-electron chi connectivity index (χ2n) is 5.59. The van der Waals surface area contributed by atoms with Crippen LogP contribution in [0.25, 0.3) is 22.8 Å². The Balaban J connectivity index is 1.96. The van der Waals surface area contributed by atoms with Crippen molar-refractivity contribution < 1.29 is 9.32 Å². The van der Waals surface area contributed by atoms with Crippen molar-refractivity contribution in [2.45, 2.75) is 13.8 Å². The standard InChI is InChI=1S/C18H16ClN3O2/c1-11(2)17(23)20-15-10-6-4-8-13(15)18-21-16(22-24-18)12-7-3-5-9-14(12)19/h3-11H,1-2H3,(H,20,23). The minimum absolute atomic E-state index is 0.0757. The number of amides is 1. The van der Waals surface area contributed by atoms with Crippen LogP contribution in [0.1, 0.15) is 13.8 Å². The van der Waals surface area contributed by atoms with E-state index in [0.29, 0.717) is 33.6 Å². The van der Waals surface area contributed by atoms with Gasteiger partial charge in [0.2, 0.25) is 11.7 Å². The Bertz CT molecular complexity index is 874. The average Bonchev–Trinajstić information content (AvgIpc) is 3.05. The Kier molecular flexibility index (Phi) is 4.62. The van der Waals surface area contributed by atoms with Crippen LogP contribution in [-0.4, -0.2) is 16.0 Å². The van der Waals surface area contributed by atoms with Gasteiger partial charge in [0.25, 0.3) is 5.89 Å². The molecule has 0 spiro atoms. The number of aromatic nitrogens is 2. The SMILES string of the molecule is CC(C)C(=O)Nc1ccccc1-c1nc(-c2ccccc2Cl)no1. The molecule has 6 heteroatoms. The van der Waals surface area contributed by atoms with E-state index < -0.39 is 0 Å². The molecule has 1 heterocycles. The molecule has 24 heavy (non-hydrogen) atoms. The summed E-state index contributed by atoms with van der Waals surface area (Å²) in [6, 6.07) is 14.6. The summed E-state index contributed by atoms with van der Waals surface area (Å²) < 4.78 is 5.37. The molecule has 122 valence electrons. The first-order chi connectivity index (χ1) is 11.6. The molecule has 3 aromatic rings. The van der Waals surface area contributed by atoms with Gasteiger partial charge in [-0.3, -0.25) is 4.79 Å². The molecular weight excluding hydrogens is 326 g/mol. The van der Waals surface area contributed by atoms with Crippen molar-refractivity contribution in [3.05, 3.63) is 53.6 Å². The van der Waals surface area contributed by atoms with Crippen LogP contribution in [0.5, 0.6) is 0 Å². The molecule has 2 aromatic carbocycles.